The minimum absolute atomic E-state index is 0.0150. The number of halogens is 1. The predicted octanol–water partition coefficient (Wildman–Crippen LogP) is 4.78. The van der Waals surface area contributed by atoms with Crippen molar-refractivity contribution in [3.63, 3.8) is 0 Å². The van der Waals surface area contributed by atoms with Crippen molar-refractivity contribution >= 4 is 35.0 Å². The maximum absolute atomic E-state index is 13.0. The van der Waals surface area contributed by atoms with Gasteiger partial charge in [-0.2, -0.15) is 5.26 Å². The third-order valence-corrected chi connectivity index (χ3v) is 5.97. The molecule has 170 valence electrons. The second-order valence-electron chi connectivity index (χ2n) is 7.88. The normalized spacial score (nSPS) is 14.2. The zero-order chi connectivity index (χ0) is 23.4. The van der Waals surface area contributed by atoms with Crippen molar-refractivity contribution in [3.8, 4) is 6.07 Å². The highest BCUT2D eigenvalue weighted by Gasteiger charge is 2.19. The molecule has 1 saturated heterocycles. The first-order chi connectivity index (χ1) is 16.0. The van der Waals surface area contributed by atoms with Gasteiger partial charge in [-0.15, -0.1) is 0 Å². The molecule has 0 atom stereocenters. The summed E-state index contributed by atoms with van der Waals surface area (Å²) in [6.45, 7) is 7.19. The number of rotatable bonds is 6. The average Bonchev–Trinajstić information content (AvgIpc) is 3.42. The first kappa shape index (κ1) is 22.7. The maximum atomic E-state index is 13.0. The Morgan fingerprint density at radius 1 is 1.24 bits per heavy atom. The average molecular weight is 465 g/mol. The molecule has 3 aromatic rings. The van der Waals surface area contributed by atoms with Crippen molar-refractivity contribution in [1.82, 2.24) is 4.57 Å². The van der Waals surface area contributed by atoms with Crippen LogP contribution in [0.2, 0.25) is 5.02 Å². The summed E-state index contributed by atoms with van der Waals surface area (Å²) >= 11 is 6.20. The Morgan fingerprint density at radius 3 is 2.73 bits per heavy atom. The van der Waals surface area contributed by atoms with Gasteiger partial charge in [0.1, 0.15) is 17.4 Å². The van der Waals surface area contributed by atoms with E-state index in [2.05, 4.69) is 14.8 Å². The van der Waals surface area contributed by atoms with E-state index in [1.54, 1.807) is 24.5 Å². The SMILES string of the molecule is Cc1cc(/C=C(\C#N)C(=O)Nc2cc(Cl)ccc2N2CCOCC2)c(C)n1Cc1ccco1. The molecule has 7 nitrogen and oxygen atoms in total. The molecule has 0 radical (unpaired) electrons. The van der Waals surface area contributed by atoms with Crippen LogP contribution in [-0.4, -0.2) is 36.8 Å². The van der Waals surface area contributed by atoms with Gasteiger partial charge in [0, 0.05) is 29.5 Å². The lowest BCUT2D eigenvalue weighted by atomic mass is 10.1. The molecule has 1 aliphatic heterocycles. The summed E-state index contributed by atoms with van der Waals surface area (Å²) in [5.74, 6) is 0.354. The number of benzene rings is 1. The van der Waals surface area contributed by atoms with E-state index in [0.717, 1.165) is 28.4 Å². The van der Waals surface area contributed by atoms with Crippen molar-refractivity contribution in [3.05, 3.63) is 76.0 Å². The van der Waals surface area contributed by atoms with Crippen molar-refractivity contribution < 1.29 is 13.9 Å². The largest absolute Gasteiger partial charge is 0.467 e. The number of aromatic nitrogens is 1. The van der Waals surface area contributed by atoms with E-state index in [0.29, 0.717) is 43.6 Å². The van der Waals surface area contributed by atoms with Crippen molar-refractivity contribution in [2.24, 2.45) is 0 Å². The number of nitrogens with one attached hydrogen (secondary N) is 1. The number of hydrogen-bond acceptors (Lipinski definition) is 5. The zero-order valence-corrected chi connectivity index (χ0v) is 19.4. The highest BCUT2D eigenvalue weighted by Crippen LogP contribution is 2.30. The number of nitrogens with zero attached hydrogens (tertiary/aromatic N) is 3. The molecule has 4 rings (SSSR count). The highest BCUT2D eigenvalue weighted by molar-refractivity contribution is 6.31. The van der Waals surface area contributed by atoms with Gasteiger partial charge in [-0.05, 0) is 61.9 Å². The van der Waals surface area contributed by atoms with Crippen molar-refractivity contribution in [1.29, 1.82) is 5.26 Å². The summed E-state index contributed by atoms with van der Waals surface area (Å²) in [6.07, 6.45) is 3.26. The Balaban J connectivity index is 1.59. The summed E-state index contributed by atoms with van der Waals surface area (Å²) in [7, 11) is 0. The molecule has 0 aliphatic carbocycles. The molecule has 1 amide bonds. The minimum Gasteiger partial charge on any atom is -0.467 e. The number of anilines is 2. The Bertz CT molecular complexity index is 1220. The van der Waals surface area contributed by atoms with E-state index < -0.39 is 5.91 Å². The maximum Gasteiger partial charge on any atom is 0.266 e. The van der Waals surface area contributed by atoms with E-state index in [9.17, 15) is 10.1 Å². The van der Waals surface area contributed by atoms with Crippen LogP contribution in [0.1, 0.15) is 22.7 Å². The molecule has 0 saturated carbocycles. The van der Waals surface area contributed by atoms with Crippen LogP contribution in [0.5, 0.6) is 0 Å². The third-order valence-electron chi connectivity index (χ3n) is 5.73. The molecule has 8 heteroatoms. The predicted molar refractivity (Wildman–Crippen MR) is 128 cm³/mol. The lowest BCUT2D eigenvalue weighted by Gasteiger charge is -2.30. The molecule has 3 heterocycles. The van der Waals surface area contributed by atoms with Gasteiger partial charge in [0.25, 0.3) is 5.91 Å². The Morgan fingerprint density at radius 2 is 2.03 bits per heavy atom. The van der Waals surface area contributed by atoms with Crippen LogP contribution in [0.15, 0.2) is 52.7 Å². The Kier molecular flexibility index (Phi) is 6.87. The van der Waals surface area contributed by atoms with Crippen LogP contribution in [0.3, 0.4) is 0 Å². The summed E-state index contributed by atoms with van der Waals surface area (Å²) in [5.41, 5.74) is 4.20. The number of hydrogen-bond donors (Lipinski definition) is 1. The summed E-state index contributed by atoms with van der Waals surface area (Å²) < 4.78 is 13.0. The van der Waals surface area contributed by atoms with Crippen LogP contribution in [0.25, 0.3) is 6.08 Å². The van der Waals surface area contributed by atoms with Crippen LogP contribution >= 0.6 is 11.6 Å². The van der Waals surface area contributed by atoms with Gasteiger partial charge in [0.05, 0.1) is 37.4 Å². The number of ether oxygens (including phenoxy) is 1. The van der Waals surface area contributed by atoms with Gasteiger partial charge < -0.3 is 23.9 Å². The van der Waals surface area contributed by atoms with Gasteiger partial charge in [0.15, 0.2) is 0 Å². The first-order valence-electron chi connectivity index (χ1n) is 10.7. The van der Waals surface area contributed by atoms with Gasteiger partial charge in [0.2, 0.25) is 0 Å². The molecule has 33 heavy (non-hydrogen) atoms. The number of amides is 1. The quantitative estimate of drug-likeness (QED) is 0.419. The first-order valence-corrected chi connectivity index (χ1v) is 11.1. The van der Waals surface area contributed by atoms with Crippen molar-refractivity contribution in [2.75, 3.05) is 36.5 Å². The monoisotopic (exact) mass is 464 g/mol. The molecule has 0 spiro atoms. The van der Waals surface area contributed by atoms with Crippen LogP contribution in [0.4, 0.5) is 11.4 Å². The number of nitriles is 1. The number of carbonyl (C=O) groups excluding carboxylic acids is 1. The lowest BCUT2D eigenvalue weighted by molar-refractivity contribution is -0.112. The van der Waals surface area contributed by atoms with E-state index in [-0.39, 0.29) is 5.57 Å². The summed E-state index contributed by atoms with van der Waals surface area (Å²) in [6, 6.07) is 13.1. The van der Waals surface area contributed by atoms with E-state index in [4.69, 9.17) is 20.8 Å². The van der Waals surface area contributed by atoms with Crippen LogP contribution in [0, 0.1) is 25.2 Å². The molecule has 0 unspecified atom stereocenters. The lowest BCUT2D eigenvalue weighted by Crippen LogP contribution is -2.36. The standard InChI is InChI=1S/C25H25ClN4O3/c1-17-12-19(18(2)30(17)16-22-4-3-9-33-22)13-20(15-27)25(31)28-23-14-21(26)5-6-24(23)29-7-10-32-11-8-29/h3-6,9,12-14H,7-8,10-11,16H2,1-2H3,(H,28,31)/b20-13+. The molecule has 1 N–H and O–H groups in total. The smallest absolute Gasteiger partial charge is 0.266 e. The molecule has 2 aromatic heterocycles. The molecular formula is C25H25ClN4O3. The minimum atomic E-state index is -0.481. The molecule has 0 bridgehead atoms. The number of furan rings is 1. The highest BCUT2D eigenvalue weighted by atomic mass is 35.5. The van der Waals surface area contributed by atoms with Gasteiger partial charge in [-0.3, -0.25) is 4.79 Å². The van der Waals surface area contributed by atoms with Crippen LogP contribution < -0.4 is 10.2 Å². The van der Waals surface area contributed by atoms with Gasteiger partial charge in [-0.25, -0.2) is 0 Å². The van der Waals surface area contributed by atoms with E-state index in [1.165, 1.54) is 0 Å². The van der Waals surface area contributed by atoms with Gasteiger partial charge >= 0.3 is 0 Å². The molecule has 1 aliphatic rings. The second kappa shape index (κ2) is 9.99. The Hall–Kier alpha value is -3.47. The van der Waals surface area contributed by atoms with Gasteiger partial charge in [-0.1, -0.05) is 11.6 Å². The van der Waals surface area contributed by atoms with Crippen molar-refractivity contribution in [2.45, 2.75) is 20.4 Å². The van der Waals surface area contributed by atoms with E-state index >= 15 is 0 Å². The fraction of sp³-hybridized carbons (Fsp3) is 0.280. The number of carbonyl (C=O) groups is 1. The third kappa shape index (κ3) is 5.14. The summed E-state index contributed by atoms with van der Waals surface area (Å²) in [4.78, 5) is 15.2. The van der Waals surface area contributed by atoms with E-state index in [1.807, 2.05) is 44.2 Å². The Labute approximate surface area is 197 Å². The molecule has 1 fully saturated rings. The fourth-order valence-electron chi connectivity index (χ4n) is 3.96. The summed E-state index contributed by atoms with van der Waals surface area (Å²) in [5, 5.41) is 13.1. The molecular weight excluding hydrogens is 440 g/mol. The molecule has 1 aromatic carbocycles. The fourth-order valence-corrected chi connectivity index (χ4v) is 4.13. The number of morpholine rings is 1. The van der Waals surface area contributed by atoms with Crippen LogP contribution in [-0.2, 0) is 16.1 Å². The topological polar surface area (TPSA) is 83.4 Å². The zero-order valence-electron chi connectivity index (χ0n) is 18.6. The second-order valence-corrected chi connectivity index (χ2v) is 8.31. The number of aryl methyl sites for hydroxylation is 1.